The van der Waals surface area contributed by atoms with Crippen LogP contribution < -0.4 is 5.32 Å². The third kappa shape index (κ3) is 16.5. The summed E-state index contributed by atoms with van der Waals surface area (Å²) in [5, 5.41) is 3.35. The maximum atomic E-state index is 3.35. The molecule has 0 atom stereocenters. The molecule has 1 N–H and O–H groups in total. The minimum absolute atomic E-state index is 0.500. The Balaban J connectivity index is 0.000000217. The van der Waals surface area contributed by atoms with Gasteiger partial charge in [0.2, 0.25) is 0 Å². The lowest BCUT2D eigenvalue weighted by molar-refractivity contribution is 0.469. The third-order valence-corrected chi connectivity index (χ3v) is 1.46. The topological polar surface area (TPSA) is 12.0 Å². The third-order valence-electron chi connectivity index (χ3n) is 1.46. The van der Waals surface area contributed by atoms with Crippen LogP contribution in [0.4, 0.5) is 0 Å². The summed E-state index contributed by atoms with van der Waals surface area (Å²) in [6.45, 7) is 11.2. The van der Waals surface area contributed by atoms with Crippen LogP contribution in [0, 0.1) is 5.41 Å². The lowest BCUT2D eigenvalue weighted by Crippen LogP contribution is -2.12. The molecular formula is C11H25N. The van der Waals surface area contributed by atoms with Crippen LogP contribution in [0.15, 0.2) is 0 Å². The highest BCUT2D eigenvalue weighted by molar-refractivity contribution is 4.54. The summed E-state index contributed by atoms with van der Waals surface area (Å²) in [4.78, 5) is 0. The van der Waals surface area contributed by atoms with E-state index in [1.807, 2.05) is 0 Å². The smallest absolute Gasteiger partial charge is 0.00489 e. The van der Waals surface area contributed by atoms with Crippen molar-refractivity contribution in [3.8, 4) is 0 Å². The molecule has 74 valence electrons. The fourth-order valence-corrected chi connectivity index (χ4v) is 0.979. The van der Waals surface area contributed by atoms with Gasteiger partial charge in [-0.25, -0.2) is 0 Å². The molecule has 1 heterocycles. The van der Waals surface area contributed by atoms with Gasteiger partial charge in [0.15, 0.2) is 0 Å². The molecule has 0 bridgehead atoms. The Hall–Kier alpha value is -0.0400. The van der Waals surface area contributed by atoms with Gasteiger partial charge in [-0.15, -0.1) is 0 Å². The summed E-state index contributed by atoms with van der Waals surface area (Å²) < 4.78 is 0. The van der Waals surface area contributed by atoms with Crippen LogP contribution in [0.5, 0.6) is 0 Å². The standard InChI is InChI=1S/C6H13N.C5H12/c1-2-4-6-7-5-3-1;1-5(2,3)4/h7H,1-6H2;1-4H3. The van der Waals surface area contributed by atoms with Crippen molar-refractivity contribution in [2.45, 2.75) is 53.4 Å². The van der Waals surface area contributed by atoms with E-state index in [9.17, 15) is 0 Å². The predicted molar refractivity (Wildman–Crippen MR) is 56.5 cm³/mol. The summed E-state index contributed by atoms with van der Waals surface area (Å²) in [6.07, 6.45) is 5.65. The van der Waals surface area contributed by atoms with Gasteiger partial charge >= 0.3 is 0 Å². The fourth-order valence-electron chi connectivity index (χ4n) is 0.979. The van der Waals surface area contributed by atoms with Gasteiger partial charge in [-0.05, 0) is 31.3 Å². The van der Waals surface area contributed by atoms with Gasteiger partial charge in [0.05, 0.1) is 0 Å². The first kappa shape index (κ1) is 12.0. The van der Waals surface area contributed by atoms with E-state index in [1.165, 1.54) is 38.8 Å². The summed E-state index contributed by atoms with van der Waals surface area (Å²) in [5.41, 5.74) is 0.500. The summed E-state index contributed by atoms with van der Waals surface area (Å²) in [7, 11) is 0. The first-order valence-corrected chi connectivity index (χ1v) is 5.21. The molecule has 12 heavy (non-hydrogen) atoms. The molecule has 1 aliphatic heterocycles. The van der Waals surface area contributed by atoms with Gasteiger partial charge in [0.1, 0.15) is 0 Å². The molecule has 0 amide bonds. The Bertz CT molecular complexity index is 66.0. The fraction of sp³-hybridized carbons (Fsp3) is 1.00. The van der Waals surface area contributed by atoms with Crippen LogP contribution >= 0.6 is 0 Å². The van der Waals surface area contributed by atoms with E-state index in [1.54, 1.807) is 0 Å². The second-order valence-electron chi connectivity index (χ2n) is 5.16. The molecule has 0 unspecified atom stereocenters. The van der Waals surface area contributed by atoms with Crippen LogP contribution in [0.2, 0.25) is 0 Å². The van der Waals surface area contributed by atoms with Gasteiger partial charge < -0.3 is 5.32 Å². The summed E-state index contributed by atoms with van der Waals surface area (Å²) in [5.74, 6) is 0. The molecule has 0 aromatic rings. The number of nitrogens with one attached hydrogen (secondary N) is 1. The molecule has 1 fully saturated rings. The summed E-state index contributed by atoms with van der Waals surface area (Å²) >= 11 is 0. The number of rotatable bonds is 0. The SMILES string of the molecule is C1CCCNCC1.CC(C)(C)C. The van der Waals surface area contributed by atoms with E-state index in [4.69, 9.17) is 0 Å². The second kappa shape index (κ2) is 6.47. The average molecular weight is 171 g/mol. The van der Waals surface area contributed by atoms with Crippen LogP contribution in [0.25, 0.3) is 0 Å². The molecule has 0 aromatic heterocycles. The highest BCUT2D eigenvalue weighted by Crippen LogP contribution is 2.08. The zero-order chi connectivity index (χ0) is 9.45. The quantitative estimate of drug-likeness (QED) is 0.590. The molecule has 0 spiro atoms. The second-order valence-corrected chi connectivity index (χ2v) is 5.16. The molecule has 1 saturated heterocycles. The van der Waals surface area contributed by atoms with E-state index in [0.29, 0.717) is 5.41 Å². The van der Waals surface area contributed by atoms with E-state index in [0.717, 1.165) is 0 Å². The van der Waals surface area contributed by atoms with Gasteiger partial charge in [-0.3, -0.25) is 0 Å². The maximum absolute atomic E-state index is 3.35. The van der Waals surface area contributed by atoms with Gasteiger partial charge in [-0.2, -0.15) is 0 Å². The summed E-state index contributed by atoms with van der Waals surface area (Å²) in [6, 6.07) is 0. The first-order chi connectivity index (χ1) is 5.50. The minimum atomic E-state index is 0.500. The van der Waals surface area contributed by atoms with Crippen molar-refractivity contribution in [2.75, 3.05) is 13.1 Å². The van der Waals surface area contributed by atoms with Crippen molar-refractivity contribution in [3.05, 3.63) is 0 Å². The van der Waals surface area contributed by atoms with Crippen LogP contribution in [-0.4, -0.2) is 13.1 Å². The Morgan fingerprint density at radius 2 is 1.08 bits per heavy atom. The highest BCUT2D eigenvalue weighted by atomic mass is 14.8. The van der Waals surface area contributed by atoms with E-state index in [-0.39, 0.29) is 0 Å². The van der Waals surface area contributed by atoms with E-state index >= 15 is 0 Å². The van der Waals surface area contributed by atoms with E-state index in [2.05, 4.69) is 33.0 Å². The van der Waals surface area contributed by atoms with Gasteiger partial charge in [0, 0.05) is 0 Å². The Morgan fingerprint density at radius 3 is 1.42 bits per heavy atom. The average Bonchev–Trinajstić information content (AvgIpc) is 2.10. The van der Waals surface area contributed by atoms with E-state index < -0.39 is 0 Å². The van der Waals surface area contributed by atoms with Gasteiger partial charge in [0.25, 0.3) is 0 Å². The lowest BCUT2D eigenvalue weighted by atomic mass is 10.0. The molecule has 1 rings (SSSR count). The number of hydrogen-bond donors (Lipinski definition) is 1. The van der Waals surface area contributed by atoms with Crippen LogP contribution in [-0.2, 0) is 0 Å². The lowest BCUT2D eigenvalue weighted by Gasteiger charge is -2.05. The zero-order valence-corrected chi connectivity index (χ0v) is 9.24. The van der Waals surface area contributed by atoms with Crippen LogP contribution in [0.1, 0.15) is 53.4 Å². The highest BCUT2D eigenvalue weighted by Gasteiger charge is 1.95. The van der Waals surface area contributed by atoms with Gasteiger partial charge in [-0.1, -0.05) is 40.5 Å². The van der Waals surface area contributed by atoms with Crippen LogP contribution in [0.3, 0.4) is 0 Å². The minimum Gasteiger partial charge on any atom is -0.317 e. The largest absolute Gasteiger partial charge is 0.317 e. The van der Waals surface area contributed by atoms with Crippen molar-refractivity contribution in [3.63, 3.8) is 0 Å². The molecule has 1 nitrogen and oxygen atoms in total. The molecular weight excluding hydrogens is 146 g/mol. The van der Waals surface area contributed by atoms with Crippen molar-refractivity contribution in [2.24, 2.45) is 5.41 Å². The molecule has 1 aliphatic rings. The molecule has 0 saturated carbocycles. The molecule has 0 radical (unpaired) electrons. The van der Waals surface area contributed by atoms with Crippen molar-refractivity contribution in [1.29, 1.82) is 0 Å². The zero-order valence-electron chi connectivity index (χ0n) is 9.24. The van der Waals surface area contributed by atoms with Crippen molar-refractivity contribution in [1.82, 2.24) is 5.32 Å². The Labute approximate surface area is 77.9 Å². The predicted octanol–water partition coefficient (Wildman–Crippen LogP) is 3.20. The maximum Gasteiger partial charge on any atom is -0.00489 e. The molecule has 0 aromatic carbocycles. The monoisotopic (exact) mass is 171 g/mol. The normalized spacial score (nSPS) is 19.0. The van der Waals surface area contributed by atoms with Crippen molar-refractivity contribution < 1.29 is 0 Å². The first-order valence-electron chi connectivity index (χ1n) is 5.21. The molecule has 0 aliphatic carbocycles. The Morgan fingerprint density at radius 1 is 0.750 bits per heavy atom. The molecule has 1 heteroatoms. The Kier molecular flexibility index (Phi) is 6.45. The van der Waals surface area contributed by atoms with Crippen molar-refractivity contribution >= 4 is 0 Å². The number of hydrogen-bond acceptors (Lipinski definition) is 1.